The van der Waals surface area contributed by atoms with E-state index in [4.69, 9.17) is 14.2 Å². The molecule has 1 aliphatic heterocycles. The van der Waals surface area contributed by atoms with Crippen LogP contribution in [0.2, 0.25) is 0 Å². The standard InChI is InChI=1S/C25H35N3O3/c1-18-9-10-21(24(13-18)31-17-20-11-12-30-16-20)15-28-25(26-3)27-14-19(2)22-7-5-6-8-23(22)29-4/h5-10,13,19-20H,11-12,14-17H2,1-4H3,(H2,26,27,28). The molecule has 6 nitrogen and oxygen atoms in total. The third-order valence-corrected chi connectivity index (χ3v) is 5.64. The van der Waals surface area contributed by atoms with Gasteiger partial charge in [0.15, 0.2) is 5.96 Å². The minimum absolute atomic E-state index is 0.279. The van der Waals surface area contributed by atoms with E-state index in [0.717, 1.165) is 49.2 Å². The Labute approximate surface area is 186 Å². The molecule has 1 heterocycles. The molecule has 1 saturated heterocycles. The number of para-hydroxylation sites is 1. The summed E-state index contributed by atoms with van der Waals surface area (Å²) in [6, 6.07) is 14.5. The summed E-state index contributed by atoms with van der Waals surface area (Å²) in [5.74, 6) is 3.36. The van der Waals surface area contributed by atoms with Gasteiger partial charge >= 0.3 is 0 Å². The topological polar surface area (TPSA) is 64.1 Å². The number of aryl methyl sites for hydroxylation is 1. The molecule has 6 heteroatoms. The van der Waals surface area contributed by atoms with Crippen molar-refractivity contribution in [2.45, 2.75) is 32.7 Å². The fourth-order valence-electron chi connectivity index (χ4n) is 3.70. The van der Waals surface area contributed by atoms with Gasteiger partial charge in [-0.1, -0.05) is 37.3 Å². The summed E-state index contributed by atoms with van der Waals surface area (Å²) in [5.41, 5.74) is 3.48. The molecule has 2 atom stereocenters. The summed E-state index contributed by atoms with van der Waals surface area (Å²) >= 11 is 0. The number of hydrogen-bond acceptors (Lipinski definition) is 4. The van der Waals surface area contributed by atoms with Crippen LogP contribution in [0.5, 0.6) is 11.5 Å². The SMILES string of the molecule is CN=C(NCc1ccc(C)cc1OCC1CCOC1)NCC(C)c1ccccc1OC. The zero-order valence-corrected chi connectivity index (χ0v) is 19.1. The summed E-state index contributed by atoms with van der Waals surface area (Å²) in [6.45, 7) is 7.98. The minimum Gasteiger partial charge on any atom is -0.496 e. The first-order valence-corrected chi connectivity index (χ1v) is 11.0. The molecule has 0 spiro atoms. The predicted octanol–water partition coefficient (Wildman–Crippen LogP) is 3.89. The predicted molar refractivity (Wildman–Crippen MR) is 125 cm³/mol. The van der Waals surface area contributed by atoms with Gasteiger partial charge < -0.3 is 24.8 Å². The Morgan fingerprint density at radius 3 is 2.77 bits per heavy atom. The largest absolute Gasteiger partial charge is 0.496 e. The highest BCUT2D eigenvalue weighted by Gasteiger charge is 2.17. The lowest BCUT2D eigenvalue weighted by atomic mass is 10.0. The third kappa shape index (κ3) is 6.62. The maximum absolute atomic E-state index is 6.16. The van der Waals surface area contributed by atoms with E-state index in [0.29, 0.717) is 19.1 Å². The van der Waals surface area contributed by atoms with Crippen LogP contribution in [-0.2, 0) is 11.3 Å². The molecule has 2 N–H and O–H groups in total. The highest BCUT2D eigenvalue weighted by Crippen LogP contribution is 2.25. The lowest BCUT2D eigenvalue weighted by molar-refractivity contribution is 0.166. The van der Waals surface area contributed by atoms with Gasteiger partial charge in [0.25, 0.3) is 0 Å². The first-order valence-electron chi connectivity index (χ1n) is 11.0. The first kappa shape index (κ1) is 22.9. The van der Waals surface area contributed by atoms with Gasteiger partial charge in [-0.3, -0.25) is 4.99 Å². The van der Waals surface area contributed by atoms with Crippen LogP contribution in [0, 0.1) is 12.8 Å². The van der Waals surface area contributed by atoms with E-state index in [-0.39, 0.29) is 5.92 Å². The van der Waals surface area contributed by atoms with Crippen LogP contribution in [0.15, 0.2) is 47.5 Å². The smallest absolute Gasteiger partial charge is 0.191 e. The van der Waals surface area contributed by atoms with Gasteiger partial charge in [0.1, 0.15) is 11.5 Å². The number of aliphatic imine (C=N–C) groups is 1. The summed E-state index contributed by atoms with van der Waals surface area (Å²) in [4.78, 5) is 4.37. The molecule has 2 unspecified atom stereocenters. The molecule has 0 saturated carbocycles. The summed E-state index contributed by atoms with van der Waals surface area (Å²) in [6.07, 6.45) is 1.07. The Bertz CT molecular complexity index is 863. The van der Waals surface area contributed by atoms with Crippen molar-refractivity contribution in [3.05, 3.63) is 59.2 Å². The molecular weight excluding hydrogens is 390 g/mol. The highest BCUT2D eigenvalue weighted by atomic mass is 16.5. The fraction of sp³-hybridized carbons (Fsp3) is 0.480. The van der Waals surface area contributed by atoms with Crippen molar-refractivity contribution < 1.29 is 14.2 Å². The molecule has 0 aliphatic carbocycles. The average molecular weight is 426 g/mol. The zero-order chi connectivity index (χ0) is 22.1. The van der Waals surface area contributed by atoms with Crippen LogP contribution in [0.3, 0.4) is 0 Å². The number of hydrogen-bond donors (Lipinski definition) is 2. The van der Waals surface area contributed by atoms with Crippen LogP contribution in [-0.4, -0.2) is 46.5 Å². The van der Waals surface area contributed by atoms with Gasteiger partial charge in [-0.25, -0.2) is 0 Å². The summed E-state index contributed by atoms with van der Waals surface area (Å²) in [7, 11) is 3.50. The molecule has 2 aromatic carbocycles. The number of nitrogens with one attached hydrogen (secondary N) is 2. The number of nitrogens with zero attached hydrogens (tertiary/aromatic N) is 1. The second-order valence-electron chi connectivity index (χ2n) is 8.10. The fourth-order valence-corrected chi connectivity index (χ4v) is 3.70. The number of benzene rings is 2. The molecule has 3 rings (SSSR count). The van der Waals surface area contributed by atoms with Crippen molar-refractivity contribution >= 4 is 5.96 Å². The van der Waals surface area contributed by atoms with Crippen molar-refractivity contribution in [2.24, 2.45) is 10.9 Å². The molecule has 0 aromatic heterocycles. The van der Waals surface area contributed by atoms with Crippen molar-refractivity contribution in [3.8, 4) is 11.5 Å². The van der Waals surface area contributed by atoms with E-state index in [1.54, 1.807) is 14.2 Å². The van der Waals surface area contributed by atoms with Gasteiger partial charge in [-0.15, -0.1) is 0 Å². The Hall–Kier alpha value is -2.73. The second kappa shape index (κ2) is 11.6. The maximum Gasteiger partial charge on any atom is 0.191 e. The number of methoxy groups -OCH3 is 1. The van der Waals surface area contributed by atoms with Gasteiger partial charge in [0, 0.05) is 44.1 Å². The van der Waals surface area contributed by atoms with Crippen LogP contribution in [0.25, 0.3) is 0 Å². The van der Waals surface area contributed by atoms with E-state index in [2.05, 4.69) is 53.7 Å². The van der Waals surface area contributed by atoms with E-state index in [9.17, 15) is 0 Å². The van der Waals surface area contributed by atoms with Crippen molar-refractivity contribution in [1.29, 1.82) is 0 Å². The van der Waals surface area contributed by atoms with E-state index < -0.39 is 0 Å². The molecule has 168 valence electrons. The van der Waals surface area contributed by atoms with Gasteiger partial charge in [-0.2, -0.15) is 0 Å². The van der Waals surface area contributed by atoms with E-state index >= 15 is 0 Å². The molecule has 0 radical (unpaired) electrons. The lowest BCUT2D eigenvalue weighted by Crippen LogP contribution is -2.38. The van der Waals surface area contributed by atoms with Crippen LogP contribution in [0.1, 0.15) is 36.0 Å². The van der Waals surface area contributed by atoms with Crippen molar-refractivity contribution in [1.82, 2.24) is 10.6 Å². The quantitative estimate of drug-likeness (QED) is 0.471. The van der Waals surface area contributed by atoms with Crippen molar-refractivity contribution in [2.75, 3.05) is 40.5 Å². The van der Waals surface area contributed by atoms with Gasteiger partial charge in [-0.05, 0) is 36.6 Å². The third-order valence-electron chi connectivity index (χ3n) is 5.64. The zero-order valence-electron chi connectivity index (χ0n) is 19.1. The van der Waals surface area contributed by atoms with Crippen LogP contribution < -0.4 is 20.1 Å². The number of ether oxygens (including phenoxy) is 3. The Morgan fingerprint density at radius 1 is 1.19 bits per heavy atom. The Kier molecular flexibility index (Phi) is 8.59. The monoisotopic (exact) mass is 425 g/mol. The molecule has 0 amide bonds. The minimum atomic E-state index is 0.279. The molecule has 1 aliphatic rings. The van der Waals surface area contributed by atoms with Gasteiger partial charge in [0.05, 0.1) is 20.3 Å². The number of guanidine groups is 1. The van der Waals surface area contributed by atoms with E-state index in [1.807, 2.05) is 18.2 Å². The number of rotatable bonds is 9. The maximum atomic E-state index is 6.16. The molecule has 0 bridgehead atoms. The molecular formula is C25H35N3O3. The Morgan fingerprint density at radius 2 is 2.03 bits per heavy atom. The van der Waals surface area contributed by atoms with Crippen LogP contribution in [0.4, 0.5) is 0 Å². The molecule has 1 fully saturated rings. The summed E-state index contributed by atoms with van der Waals surface area (Å²) < 4.78 is 17.1. The van der Waals surface area contributed by atoms with Crippen LogP contribution >= 0.6 is 0 Å². The van der Waals surface area contributed by atoms with E-state index in [1.165, 1.54) is 11.1 Å². The summed E-state index contributed by atoms with van der Waals surface area (Å²) in [5, 5.41) is 6.83. The molecule has 31 heavy (non-hydrogen) atoms. The Balaban J connectivity index is 1.55. The van der Waals surface area contributed by atoms with Gasteiger partial charge in [0.2, 0.25) is 0 Å². The molecule has 2 aromatic rings. The highest BCUT2D eigenvalue weighted by molar-refractivity contribution is 5.79. The first-order chi connectivity index (χ1) is 15.1. The second-order valence-corrected chi connectivity index (χ2v) is 8.10. The average Bonchev–Trinajstić information content (AvgIpc) is 3.32. The lowest BCUT2D eigenvalue weighted by Gasteiger charge is -2.19. The van der Waals surface area contributed by atoms with Crippen molar-refractivity contribution in [3.63, 3.8) is 0 Å². The normalized spacial score (nSPS) is 17.3.